The highest BCUT2D eigenvalue weighted by molar-refractivity contribution is 7.99. The quantitative estimate of drug-likeness (QED) is 0.767. The van der Waals surface area contributed by atoms with Gasteiger partial charge in [0.05, 0.1) is 13.2 Å². The van der Waals surface area contributed by atoms with Gasteiger partial charge in [-0.1, -0.05) is 24.3 Å². The van der Waals surface area contributed by atoms with Crippen molar-refractivity contribution in [2.75, 3.05) is 12.9 Å². The van der Waals surface area contributed by atoms with Crippen LogP contribution in [0.15, 0.2) is 53.4 Å². The number of carbonyl (C=O) groups is 1. The topological polar surface area (TPSA) is 38.3 Å². The Morgan fingerprint density at radius 1 is 1.17 bits per heavy atom. The van der Waals surface area contributed by atoms with Gasteiger partial charge in [0.1, 0.15) is 5.75 Å². The molecule has 2 rings (SSSR count). The lowest BCUT2D eigenvalue weighted by Gasteiger charge is -2.16. The van der Waals surface area contributed by atoms with E-state index in [2.05, 4.69) is 24.4 Å². The number of aryl methyl sites for hydroxylation is 1. The van der Waals surface area contributed by atoms with Gasteiger partial charge in [-0.05, 0) is 49.2 Å². The Labute approximate surface area is 142 Å². The number of amides is 1. The molecule has 0 spiro atoms. The van der Waals surface area contributed by atoms with Crippen LogP contribution >= 0.6 is 11.8 Å². The smallest absolute Gasteiger partial charge is 0.221 e. The summed E-state index contributed by atoms with van der Waals surface area (Å²) in [5.74, 6) is 1.69. The zero-order valence-electron chi connectivity index (χ0n) is 13.8. The molecule has 3 nitrogen and oxygen atoms in total. The van der Waals surface area contributed by atoms with E-state index in [1.54, 1.807) is 18.9 Å². The molecular formula is C19H23NO2S. The molecule has 0 aliphatic rings. The third-order valence-electron chi connectivity index (χ3n) is 3.69. The summed E-state index contributed by atoms with van der Waals surface area (Å²) >= 11 is 1.68. The lowest BCUT2D eigenvalue weighted by Crippen LogP contribution is -2.27. The van der Waals surface area contributed by atoms with Crippen molar-refractivity contribution in [2.45, 2.75) is 31.2 Å². The lowest BCUT2D eigenvalue weighted by molar-refractivity contribution is -0.121. The number of methoxy groups -OCH3 is 1. The molecule has 0 aromatic heterocycles. The first kappa shape index (κ1) is 17.4. The fourth-order valence-corrected chi connectivity index (χ4v) is 3.25. The highest BCUT2D eigenvalue weighted by Gasteiger charge is 2.11. The molecule has 0 heterocycles. The first-order valence-electron chi connectivity index (χ1n) is 7.72. The van der Waals surface area contributed by atoms with E-state index in [1.807, 2.05) is 43.3 Å². The van der Waals surface area contributed by atoms with Crippen LogP contribution in [0.5, 0.6) is 5.75 Å². The molecule has 0 saturated carbocycles. The van der Waals surface area contributed by atoms with Gasteiger partial charge in [0.15, 0.2) is 0 Å². The normalized spacial score (nSPS) is 11.8. The molecule has 0 radical (unpaired) electrons. The Morgan fingerprint density at radius 2 is 1.87 bits per heavy atom. The van der Waals surface area contributed by atoms with Gasteiger partial charge in [-0.2, -0.15) is 0 Å². The number of ether oxygens (including phenoxy) is 1. The maximum absolute atomic E-state index is 12.1. The van der Waals surface area contributed by atoms with Crippen LogP contribution < -0.4 is 10.1 Å². The third kappa shape index (κ3) is 5.32. The second-order valence-electron chi connectivity index (χ2n) is 5.42. The van der Waals surface area contributed by atoms with Crippen LogP contribution in [-0.2, 0) is 4.79 Å². The minimum atomic E-state index is 0.0367. The summed E-state index contributed by atoms with van der Waals surface area (Å²) in [5, 5.41) is 3.07. The summed E-state index contributed by atoms with van der Waals surface area (Å²) in [6, 6.07) is 16.1. The molecule has 0 fully saturated rings. The molecule has 0 saturated heterocycles. The summed E-state index contributed by atoms with van der Waals surface area (Å²) in [7, 11) is 1.65. The fourth-order valence-electron chi connectivity index (χ4n) is 2.40. The van der Waals surface area contributed by atoms with Crippen molar-refractivity contribution in [3.05, 3.63) is 59.7 Å². The van der Waals surface area contributed by atoms with Gasteiger partial charge in [0.25, 0.3) is 0 Å². The van der Waals surface area contributed by atoms with Crippen LogP contribution in [0.1, 0.15) is 30.5 Å². The van der Waals surface area contributed by atoms with Crippen LogP contribution in [0.3, 0.4) is 0 Å². The van der Waals surface area contributed by atoms with Crippen molar-refractivity contribution in [1.29, 1.82) is 0 Å². The highest BCUT2D eigenvalue weighted by Crippen LogP contribution is 2.22. The average Bonchev–Trinajstić information content (AvgIpc) is 2.55. The van der Waals surface area contributed by atoms with E-state index in [0.717, 1.165) is 16.4 Å². The Bertz CT molecular complexity index is 640. The number of benzene rings is 2. The molecule has 2 aromatic rings. The maximum atomic E-state index is 12.1. The van der Waals surface area contributed by atoms with Gasteiger partial charge in [0.2, 0.25) is 5.91 Å². The van der Waals surface area contributed by atoms with Crippen molar-refractivity contribution in [2.24, 2.45) is 0 Å². The summed E-state index contributed by atoms with van der Waals surface area (Å²) in [5.41, 5.74) is 2.37. The van der Waals surface area contributed by atoms with E-state index in [-0.39, 0.29) is 11.9 Å². The summed E-state index contributed by atoms with van der Waals surface area (Å²) in [6.45, 7) is 4.09. The van der Waals surface area contributed by atoms with Crippen LogP contribution in [0, 0.1) is 6.92 Å². The Morgan fingerprint density at radius 3 is 2.52 bits per heavy atom. The minimum Gasteiger partial charge on any atom is -0.497 e. The number of rotatable bonds is 7. The van der Waals surface area contributed by atoms with Crippen LogP contribution in [0.2, 0.25) is 0 Å². The van der Waals surface area contributed by atoms with E-state index in [1.165, 1.54) is 11.1 Å². The molecule has 1 N–H and O–H groups in total. The third-order valence-corrected chi connectivity index (χ3v) is 4.70. The second-order valence-corrected chi connectivity index (χ2v) is 6.59. The van der Waals surface area contributed by atoms with Crippen LogP contribution in [-0.4, -0.2) is 18.8 Å². The molecule has 122 valence electrons. The first-order chi connectivity index (χ1) is 11.1. The fraction of sp³-hybridized carbons (Fsp3) is 0.316. The predicted octanol–water partition coefficient (Wildman–Crippen LogP) is 4.36. The van der Waals surface area contributed by atoms with Crippen molar-refractivity contribution in [1.82, 2.24) is 5.32 Å². The van der Waals surface area contributed by atoms with Crippen molar-refractivity contribution < 1.29 is 9.53 Å². The molecule has 0 aliphatic heterocycles. The molecule has 4 heteroatoms. The first-order valence-corrected chi connectivity index (χ1v) is 8.70. The van der Waals surface area contributed by atoms with E-state index in [9.17, 15) is 4.79 Å². The van der Waals surface area contributed by atoms with Crippen LogP contribution in [0.4, 0.5) is 0 Å². The van der Waals surface area contributed by atoms with E-state index in [0.29, 0.717) is 6.42 Å². The Hall–Kier alpha value is -1.94. The largest absolute Gasteiger partial charge is 0.497 e. The molecular weight excluding hydrogens is 306 g/mol. The van der Waals surface area contributed by atoms with Gasteiger partial charge >= 0.3 is 0 Å². The molecule has 2 aromatic carbocycles. The summed E-state index contributed by atoms with van der Waals surface area (Å²) in [4.78, 5) is 13.2. The molecule has 1 amide bonds. The zero-order valence-corrected chi connectivity index (χ0v) is 14.7. The van der Waals surface area contributed by atoms with Crippen molar-refractivity contribution >= 4 is 17.7 Å². The van der Waals surface area contributed by atoms with Crippen LogP contribution in [0.25, 0.3) is 0 Å². The average molecular weight is 329 g/mol. The van der Waals surface area contributed by atoms with Gasteiger partial charge in [-0.3, -0.25) is 4.79 Å². The second kappa shape index (κ2) is 8.63. The molecule has 0 bridgehead atoms. The Balaban J connectivity index is 1.77. The molecule has 0 aliphatic carbocycles. The van der Waals surface area contributed by atoms with Gasteiger partial charge in [-0.25, -0.2) is 0 Å². The number of thioether (sulfide) groups is 1. The summed E-state index contributed by atoms with van der Waals surface area (Å²) < 4.78 is 5.13. The molecule has 23 heavy (non-hydrogen) atoms. The lowest BCUT2D eigenvalue weighted by atomic mass is 10.0. The zero-order chi connectivity index (χ0) is 16.7. The van der Waals surface area contributed by atoms with Gasteiger partial charge < -0.3 is 10.1 Å². The summed E-state index contributed by atoms with van der Waals surface area (Å²) in [6.07, 6.45) is 0.507. The Kier molecular flexibility index (Phi) is 6.53. The molecule has 1 unspecified atom stereocenters. The number of hydrogen-bond acceptors (Lipinski definition) is 3. The highest BCUT2D eigenvalue weighted by atomic mass is 32.2. The monoisotopic (exact) mass is 329 g/mol. The van der Waals surface area contributed by atoms with Gasteiger partial charge in [0, 0.05) is 17.1 Å². The maximum Gasteiger partial charge on any atom is 0.221 e. The molecule has 1 atom stereocenters. The van der Waals surface area contributed by atoms with E-state index < -0.39 is 0 Å². The number of carbonyl (C=O) groups excluding carboxylic acids is 1. The van der Waals surface area contributed by atoms with E-state index >= 15 is 0 Å². The standard InChI is InChI=1S/C19H23NO2S/c1-14-6-4-5-7-18(14)15(2)20-19(21)12-13-23-17-10-8-16(22-3)9-11-17/h4-11,15H,12-13H2,1-3H3,(H,20,21). The predicted molar refractivity (Wildman–Crippen MR) is 96.1 cm³/mol. The number of hydrogen-bond donors (Lipinski definition) is 1. The van der Waals surface area contributed by atoms with Gasteiger partial charge in [-0.15, -0.1) is 11.8 Å². The van der Waals surface area contributed by atoms with Crippen molar-refractivity contribution in [3.63, 3.8) is 0 Å². The van der Waals surface area contributed by atoms with E-state index in [4.69, 9.17) is 4.74 Å². The SMILES string of the molecule is COc1ccc(SCCC(=O)NC(C)c2ccccc2C)cc1. The van der Waals surface area contributed by atoms with Crippen molar-refractivity contribution in [3.8, 4) is 5.75 Å². The minimum absolute atomic E-state index is 0.0367. The number of nitrogens with one attached hydrogen (secondary N) is 1.